The Morgan fingerprint density at radius 1 is 1.21 bits per heavy atom. The normalized spacial score (nSPS) is 10.6. The van der Waals surface area contributed by atoms with E-state index in [1.54, 1.807) is 18.2 Å². The first-order valence-corrected chi connectivity index (χ1v) is 6.65. The number of nitrogens with one attached hydrogen (secondary N) is 1. The lowest BCUT2D eigenvalue weighted by Crippen LogP contribution is -2.02. The lowest BCUT2D eigenvalue weighted by atomic mass is 10.1. The van der Waals surface area contributed by atoms with Crippen molar-refractivity contribution >= 4 is 29.0 Å². The van der Waals surface area contributed by atoms with E-state index in [-0.39, 0.29) is 5.82 Å². The van der Waals surface area contributed by atoms with Gasteiger partial charge in [-0.25, -0.2) is 9.37 Å². The van der Waals surface area contributed by atoms with Gasteiger partial charge in [-0.15, -0.1) is 0 Å². The molecule has 1 heterocycles. The quantitative estimate of drug-likeness (QED) is 0.868. The summed E-state index contributed by atoms with van der Waals surface area (Å²) in [6, 6.07) is 6.40. The molecule has 2 nitrogen and oxygen atoms in total. The molecule has 1 aromatic carbocycles. The van der Waals surface area contributed by atoms with Crippen LogP contribution >= 0.6 is 23.2 Å². The second-order valence-electron chi connectivity index (χ2n) is 4.16. The smallest absolute Gasteiger partial charge is 0.145 e. The minimum atomic E-state index is -0.357. The number of pyridine rings is 1. The average molecular weight is 299 g/mol. The van der Waals surface area contributed by atoms with Crippen LogP contribution < -0.4 is 5.32 Å². The summed E-state index contributed by atoms with van der Waals surface area (Å²) in [5, 5.41) is 3.77. The lowest BCUT2D eigenvalue weighted by molar-refractivity contribution is 0.630. The predicted octanol–water partition coefficient (Wildman–Crippen LogP) is 4.93. The number of hydrogen-bond donors (Lipinski definition) is 1. The van der Waals surface area contributed by atoms with Crippen LogP contribution in [0.15, 0.2) is 24.3 Å². The molecule has 1 N–H and O–H groups in total. The maximum Gasteiger partial charge on any atom is 0.145 e. The fourth-order valence-electron chi connectivity index (χ4n) is 1.77. The first-order valence-electron chi connectivity index (χ1n) is 5.89. The molecule has 0 aliphatic rings. The van der Waals surface area contributed by atoms with Gasteiger partial charge in [-0.05, 0) is 32.0 Å². The van der Waals surface area contributed by atoms with E-state index >= 15 is 0 Å². The van der Waals surface area contributed by atoms with Gasteiger partial charge < -0.3 is 5.32 Å². The summed E-state index contributed by atoms with van der Waals surface area (Å²) in [4.78, 5) is 4.32. The van der Waals surface area contributed by atoms with Crippen LogP contribution in [-0.4, -0.2) is 11.5 Å². The summed E-state index contributed by atoms with van der Waals surface area (Å²) in [6.45, 7) is 4.49. The van der Waals surface area contributed by atoms with Gasteiger partial charge in [0.15, 0.2) is 0 Å². The third-order valence-electron chi connectivity index (χ3n) is 2.65. The first-order chi connectivity index (χ1) is 9.02. The summed E-state index contributed by atoms with van der Waals surface area (Å²) < 4.78 is 13.9. The van der Waals surface area contributed by atoms with Crippen LogP contribution in [0.4, 0.5) is 10.2 Å². The van der Waals surface area contributed by atoms with Crippen molar-refractivity contribution in [2.45, 2.75) is 13.8 Å². The van der Waals surface area contributed by atoms with Gasteiger partial charge in [-0.3, -0.25) is 0 Å². The van der Waals surface area contributed by atoms with Crippen molar-refractivity contribution in [3.8, 4) is 11.3 Å². The topological polar surface area (TPSA) is 24.9 Å². The molecule has 1 aromatic heterocycles. The van der Waals surface area contributed by atoms with E-state index in [0.29, 0.717) is 33.7 Å². The van der Waals surface area contributed by atoms with E-state index in [1.807, 2.05) is 13.8 Å². The van der Waals surface area contributed by atoms with Gasteiger partial charge in [0.2, 0.25) is 0 Å². The molecule has 2 rings (SSSR count). The van der Waals surface area contributed by atoms with E-state index in [9.17, 15) is 4.39 Å². The Labute approximate surface area is 121 Å². The maximum atomic E-state index is 13.9. The van der Waals surface area contributed by atoms with Gasteiger partial charge in [0.25, 0.3) is 0 Å². The molecule has 2 aromatic rings. The Kier molecular flexibility index (Phi) is 4.27. The fraction of sp³-hybridized carbons (Fsp3) is 0.214. The second-order valence-corrected chi connectivity index (χ2v) is 4.98. The Hall–Kier alpha value is -1.32. The molecular weight excluding hydrogens is 286 g/mol. The second kappa shape index (κ2) is 5.76. The van der Waals surface area contributed by atoms with Crippen molar-refractivity contribution < 1.29 is 4.39 Å². The minimum Gasteiger partial charge on any atom is -0.369 e. The number of benzene rings is 1. The van der Waals surface area contributed by atoms with Gasteiger partial charge in [0.1, 0.15) is 11.6 Å². The SMILES string of the molecule is CCNc1nc(-c2cc(C)ccc2F)c(Cl)cc1Cl. The number of rotatable bonds is 3. The zero-order valence-electron chi connectivity index (χ0n) is 10.6. The number of hydrogen-bond acceptors (Lipinski definition) is 2. The van der Waals surface area contributed by atoms with Crippen molar-refractivity contribution in [3.05, 3.63) is 45.7 Å². The molecule has 0 amide bonds. The molecule has 0 unspecified atom stereocenters. The Morgan fingerprint density at radius 2 is 1.95 bits per heavy atom. The molecule has 100 valence electrons. The average Bonchev–Trinajstić information content (AvgIpc) is 2.36. The van der Waals surface area contributed by atoms with Crippen molar-refractivity contribution in [1.29, 1.82) is 0 Å². The van der Waals surface area contributed by atoms with Crippen LogP contribution in [-0.2, 0) is 0 Å². The van der Waals surface area contributed by atoms with E-state index < -0.39 is 0 Å². The Balaban J connectivity index is 2.61. The molecule has 0 aliphatic heterocycles. The zero-order chi connectivity index (χ0) is 14.0. The monoisotopic (exact) mass is 298 g/mol. The molecule has 0 aliphatic carbocycles. The molecule has 0 spiro atoms. The number of anilines is 1. The largest absolute Gasteiger partial charge is 0.369 e. The van der Waals surface area contributed by atoms with E-state index in [1.165, 1.54) is 6.07 Å². The van der Waals surface area contributed by atoms with E-state index in [4.69, 9.17) is 23.2 Å². The van der Waals surface area contributed by atoms with Crippen molar-refractivity contribution in [2.24, 2.45) is 0 Å². The number of nitrogens with zero attached hydrogens (tertiary/aromatic N) is 1. The van der Waals surface area contributed by atoms with Crippen LogP contribution in [0.2, 0.25) is 10.0 Å². The van der Waals surface area contributed by atoms with Crippen LogP contribution in [0.5, 0.6) is 0 Å². The molecule has 5 heteroatoms. The summed E-state index contributed by atoms with van der Waals surface area (Å²) in [5.41, 5.74) is 1.71. The molecule has 0 radical (unpaired) electrons. The number of halogens is 3. The van der Waals surface area contributed by atoms with Gasteiger partial charge in [-0.1, -0.05) is 34.8 Å². The van der Waals surface area contributed by atoms with Crippen LogP contribution in [0.1, 0.15) is 12.5 Å². The van der Waals surface area contributed by atoms with Gasteiger partial charge in [-0.2, -0.15) is 0 Å². The van der Waals surface area contributed by atoms with Crippen LogP contribution in [0, 0.1) is 12.7 Å². The highest BCUT2D eigenvalue weighted by molar-refractivity contribution is 6.37. The molecule has 0 saturated heterocycles. The van der Waals surface area contributed by atoms with Crippen molar-refractivity contribution in [2.75, 3.05) is 11.9 Å². The number of aryl methyl sites for hydroxylation is 1. The summed E-state index contributed by atoms with van der Waals surface area (Å²) in [6.07, 6.45) is 0. The predicted molar refractivity (Wildman–Crippen MR) is 78.6 cm³/mol. The molecule has 19 heavy (non-hydrogen) atoms. The third-order valence-corrected chi connectivity index (χ3v) is 3.23. The van der Waals surface area contributed by atoms with E-state index in [2.05, 4.69) is 10.3 Å². The first kappa shape index (κ1) is 14.1. The third kappa shape index (κ3) is 2.99. The molecule has 0 bridgehead atoms. The van der Waals surface area contributed by atoms with E-state index in [0.717, 1.165) is 5.56 Å². The summed E-state index contributed by atoms with van der Waals surface area (Å²) in [5.74, 6) is 0.147. The van der Waals surface area contributed by atoms with Gasteiger partial charge in [0, 0.05) is 12.1 Å². The Morgan fingerprint density at radius 3 is 2.63 bits per heavy atom. The fourth-order valence-corrected chi connectivity index (χ4v) is 2.29. The molecule has 0 atom stereocenters. The summed E-state index contributed by atoms with van der Waals surface area (Å²) in [7, 11) is 0. The highest BCUT2D eigenvalue weighted by atomic mass is 35.5. The van der Waals surface area contributed by atoms with Crippen LogP contribution in [0.3, 0.4) is 0 Å². The van der Waals surface area contributed by atoms with Crippen molar-refractivity contribution in [1.82, 2.24) is 4.98 Å². The highest BCUT2D eigenvalue weighted by Gasteiger charge is 2.14. The van der Waals surface area contributed by atoms with Gasteiger partial charge >= 0.3 is 0 Å². The number of aromatic nitrogens is 1. The summed E-state index contributed by atoms with van der Waals surface area (Å²) >= 11 is 12.2. The zero-order valence-corrected chi connectivity index (χ0v) is 12.1. The highest BCUT2D eigenvalue weighted by Crippen LogP contribution is 2.33. The molecule has 0 fully saturated rings. The minimum absolute atomic E-state index is 0.330. The maximum absolute atomic E-state index is 13.9. The standard InChI is InChI=1S/C14H13Cl2FN2/c1-3-18-14-11(16)7-10(15)13(19-14)9-6-8(2)4-5-12(9)17/h4-7H,3H2,1-2H3,(H,18,19). The Bertz CT molecular complexity index is 615. The van der Waals surface area contributed by atoms with Gasteiger partial charge in [0.05, 0.1) is 15.7 Å². The molecule has 0 saturated carbocycles. The lowest BCUT2D eigenvalue weighted by Gasteiger charge is -2.11. The van der Waals surface area contributed by atoms with Crippen molar-refractivity contribution in [3.63, 3.8) is 0 Å². The van der Waals surface area contributed by atoms with Crippen LogP contribution in [0.25, 0.3) is 11.3 Å². The molecular formula is C14H13Cl2FN2.